The maximum Gasteiger partial charge on any atom is 0.223 e. The number of anilines is 1. The number of aryl methyl sites for hydroxylation is 1. The highest BCUT2D eigenvalue weighted by atomic mass is 32.1. The molecule has 4 aromatic rings. The van der Waals surface area contributed by atoms with Gasteiger partial charge in [0.1, 0.15) is 6.54 Å². The zero-order chi connectivity index (χ0) is 25.5. The summed E-state index contributed by atoms with van der Waals surface area (Å²) in [6.07, 6.45) is 9.62. The van der Waals surface area contributed by atoms with Crippen molar-refractivity contribution >= 4 is 34.0 Å². The molecule has 5 nitrogen and oxygen atoms in total. The third-order valence-corrected chi connectivity index (χ3v) is 7.49. The summed E-state index contributed by atoms with van der Waals surface area (Å²) in [5.41, 5.74) is 4.59. The molecule has 0 spiro atoms. The van der Waals surface area contributed by atoms with Gasteiger partial charge in [-0.15, -0.1) is 11.3 Å². The molecule has 2 N–H and O–H groups in total. The monoisotopic (exact) mass is 513 g/mol. The van der Waals surface area contributed by atoms with Crippen LogP contribution in [0.5, 0.6) is 5.75 Å². The van der Waals surface area contributed by atoms with E-state index in [1.165, 1.54) is 21.5 Å². The van der Waals surface area contributed by atoms with E-state index in [0.29, 0.717) is 0 Å². The zero-order valence-corrected chi connectivity index (χ0v) is 21.7. The van der Waals surface area contributed by atoms with Gasteiger partial charge < -0.3 is 19.8 Å². The highest BCUT2D eigenvalue weighted by Crippen LogP contribution is 2.38. The van der Waals surface area contributed by atoms with E-state index in [9.17, 15) is 10.2 Å². The van der Waals surface area contributed by atoms with Crippen molar-refractivity contribution in [1.82, 2.24) is 0 Å². The lowest BCUT2D eigenvalue weighted by Gasteiger charge is -2.17. The van der Waals surface area contributed by atoms with Gasteiger partial charge in [-0.25, -0.2) is 0 Å². The number of ether oxygens (including phenoxy) is 1. The number of para-hydroxylation sites is 3. The quantitative estimate of drug-likeness (QED) is 0.186. The molecule has 0 saturated carbocycles. The number of aromatic nitrogens is 1. The fourth-order valence-corrected chi connectivity index (χ4v) is 5.55. The second-order valence-corrected chi connectivity index (χ2v) is 10.0. The van der Waals surface area contributed by atoms with Crippen molar-refractivity contribution < 1.29 is 19.5 Å². The summed E-state index contributed by atoms with van der Waals surface area (Å²) >= 11 is 1.74. The second kappa shape index (κ2) is 12.2. The summed E-state index contributed by atoms with van der Waals surface area (Å²) in [4.78, 5) is 3.41. The number of pyridine rings is 1. The first-order valence-corrected chi connectivity index (χ1v) is 13.8. The van der Waals surface area contributed by atoms with Crippen molar-refractivity contribution in [2.24, 2.45) is 0 Å². The maximum absolute atomic E-state index is 9.33. The fraction of sp³-hybridized carbons (Fsp3) is 0.258. The Morgan fingerprint density at radius 3 is 2.54 bits per heavy atom. The molecule has 0 amide bonds. The van der Waals surface area contributed by atoms with E-state index < -0.39 is 0 Å². The van der Waals surface area contributed by atoms with Gasteiger partial charge in [0.25, 0.3) is 0 Å². The summed E-state index contributed by atoms with van der Waals surface area (Å²) in [7, 11) is 0. The van der Waals surface area contributed by atoms with E-state index in [2.05, 4.69) is 75.5 Å². The normalized spacial score (nSPS) is 14.1. The lowest BCUT2D eigenvalue weighted by molar-refractivity contribution is -0.660. The van der Waals surface area contributed by atoms with Gasteiger partial charge in [-0.1, -0.05) is 42.5 Å². The van der Waals surface area contributed by atoms with Crippen LogP contribution in [0, 0.1) is 0 Å². The van der Waals surface area contributed by atoms with E-state index in [4.69, 9.17) is 4.74 Å². The third-order valence-electron chi connectivity index (χ3n) is 6.59. The number of thiophene rings is 1. The molecule has 0 aliphatic carbocycles. The van der Waals surface area contributed by atoms with Crippen LogP contribution in [0.1, 0.15) is 31.2 Å². The van der Waals surface area contributed by atoms with Crippen LogP contribution in [0.25, 0.3) is 27.6 Å². The van der Waals surface area contributed by atoms with Gasteiger partial charge in [0, 0.05) is 38.3 Å². The molecule has 0 radical (unpaired) electrons. The topological polar surface area (TPSA) is 56.8 Å². The number of hydrogen-bond acceptors (Lipinski definition) is 5. The molecule has 0 bridgehead atoms. The number of unbranched alkanes of at least 4 members (excludes halogenated alkanes) is 2. The number of benzene rings is 2. The van der Waals surface area contributed by atoms with Gasteiger partial charge in [-0.2, -0.15) is 4.57 Å². The Labute approximate surface area is 222 Å². The average molecular weight is 514 g/mol. The molecule has 0 atom stereocenters. The zero-order valence-electron chi connectivity index (χ0n) is 20.9. The standard InChI is InChI=1S/C31H33N2O3S/c34-20-7-5-18-32-26-13-2-1-12-25(26)24(23-28(32)30-16-10-22-37-30)11-9-17-31-33(19-6-8-21-35)27-14-3-4-15-29(27)36-31/h1-4,9-17,22-23,34-35H,5-8,18-21H2/q+1. The van der Waals surface area contributed by atoms with Crippen LogP contribution < -0.4 is 14.2 Å². The van der Waals surface area contributed by atoms with Crippen LogP contribution in [0.4, 0.5) is 5.69 Å². The molecule has 37 heavy (non-hydrogen) atoms. The Bertz CT molecular complexity index is 1400. The van der Waals surface area contributed by atoms with Gasteiger partial charge in [0.15, 0.2) is 5.75 Å². The molecule has 0 unspecified atom stereocenters. The van der Waals surface area contributed by atoms with Crippen molar-refractivity contribution in [3.63, 3.8) is 0 Å². The second-order valence-electron chi connectivity index (χ2n) is 9.08. The SMILES string of the molecule is OCCCCN1C(=CC=Cc2cc(-c3cccs3)[n+](CCCCO)c3ccccc23)Oc2ccccc21. The molecular formula is C31H33N2O3S+. The van der Waals surface area contributed by atoms with Crippen molar-refractivity contribution in [3.8, 4) is 16.3 Å². The van der Waals surface area contributed by atoms with E-state index in [-0.39, 0.29) is 13.2 Å². The van der Waals surface area contributed by atoms with E-state index in [1.54, 1.807) is 11.3 Å². The summed E-state index contributed by atoms with van der Waals surface area (Å²) in [5, 5.41) is 21.9. The van der Waals surface area contributed by atoms with Gasteiger partial charge >= 0.3 is 0 Å². The molecule has 6 heteroatoms. The first-order chi connectivity index (χ1) is 18.3. The molecule has 1 aliphatic rings. The summed E-state index contributed by atoms with van der Waals surface area (Å²) in [6.45, 7) is 2.06. The molecule has 2 aromatic carbocycles. The van der Waals surface area contributed by atoms with Crippen LogP contribution in [-0.4, -0.2) is 30.0 Å². The van der Waals surface area contributed by atoms with Crippen LogP contribution in [-0.2, 0) is 6.54 Å². The average Bonchev–Trinajstić information content (AvgIpc) is 3.58. The van der Waals surface area contributed by atoms with E-state index in [0.717, 1.165) is 61.7 Å². The third kappa shape index (κ3) is 5.62. The number of aliphatic hydroxyl groups excluding tert-OH is 2. The van der Waals surface area contributed by atoms with Crippen LogP contribution >= 0.6 is 11.3 Å². The number of aliphatic hydroxyl groups is 2. The smallest absolute Gasteiger partial charge is 0.223 e. The first-order valence-electron chi connectivity index (χ1n) is 12.9. The summed E-state index contributed by atoms with van der Waals surface area (Å²) in [6, 6.07) is 23.1. The van der Waals surface area contributed by atoms with Gasteiger partial charge in [0.2, 0.25) is 17.1 Å². The Kier molecular flexibility index (Phi) is 8.31. The largest absolute Gasteiger partial charge is 0.439 e. The molecule has 2 aromatic heterocycles. The maximum atomic E-state index is 9.33. The van der Waals surface area contributed by atoms with Crippen molar-refractivity contribution in [2.45, 2.75) is 32.2 Å². The minimum Gasteiger partial charge on any atom is -0.439 e. The number of nitrogens with zero attached hydrogens (tertiary/aromatic N) is 2. The summed E-state index contributed by atoms with van der Waals surface area (Å²) < 4.78 is 8.56. The van der Waals surface area contributed by atoms with Crippen molar-refractivity contribution in [3.05, 3.63) is 95.7 Å². The lowest BCUT2D eigenvalue weighted by atomic mass is 10.0. The minimum atomic E-state index is 0.197. The Morgan fingerprint density at radius 1 is 0.892 bits per heavy atom. The van der Waals surface area contributed by atoms with Crippen molar-refractivity contribution in [1.29, 1.82) is 0 Å². The first kappa shape index (κ1) is 25.2. The molecule has 0 saturated heterocycles. The van der Waals surface area contributed by atoms with Gasteiger partial charge in [-0.3, -0.25) is 0 Å². The molecule has 5 rings (SSSR count). The highest BCUT2D eigenvalue weighted by Gasteiger charge is 2.25. The van der Waals surface area contributed by atoms with E-state index >= 15 is 0 Å². The van der Waals surface area contributed by atoms with Crippen LogP contribution in [0.3, 0.4) is 0 Å². The molecule has 3 heterocycles. The van der Waals surface area contributed by atoms with Crippen LogP contribution in [0.2, 0.25) is 0 Å². The van der Waals surface area contributed by atoms with Gasteiger partial charge in [-0.05, 0) is 60.5 Å². The predicted molar refractivity (Wildman–Crippen MR) is 152 cm³/mol. The minimum absolute atomic E-state index is 0.197. The van der Waals surface area contributed by atoms with E-state index in [1.807, 2.05) is 24.3 Å². The molecule has 1 aliphatic heterocycles. The summed E-state index contributed by atoms with van der Waals surface area (Å²) in [5.74, 6) is 1.66. The Morgan fingerprint density at radius 2 is 1.70 bits per heavy atom. The molecular weight excluding hydrogens is 480 g/mol. The van der Waals surface area contributed by atoms with Gasteiger partial charge in [0.05, 0.1) is 16.0 Å². The molecule has 0 fully saturated rings. The van der Waals surface area contributed by atoms with Crippen molar-refractivity contribution in [2.75, 3.05) is 24.7 Å². The fourth-order valence-electron chi connectivity index (χ4n) is 4.80. The highest BCUT2D eigenvalue weighted by molar-refractivity contribution is 7.13. The number of hydrogen-bond donors (Lipinski definition) is 2. The Hall–Kier alpha value is -3.45. The lowest BCUT2D eigenvalue weighted by Crippen LogP contribution is -2.37. The number of fused-ring (bicyclic) bond motifs is 2. The molecule has 190 valence electrons. The number of allylic oxidation sites excluding steroid dienone is 2. The number of rotatable bonds is 11. The Balaban J connectivity index is 1.51. The van der Waals surface area contributed by atoms with Crippen LogP contribution in [0.15, 0.2) is 90.1 Å². The predicted octanol–water partition coefficient (Wildman–Crippen LogP) is 6.15.